The second-order valence-electron chi connectivity index (χ2n) is 6.39. The van der Waals surface area contributed by atoms with Crippen LogP contribution in [-0.4, -0.2) is 18.4 Å². The van der Waals surface area contributed by atoms with Crippen LogP contribution in [0.3, 0.4) is 0 Å². The Morgan fingerprint density at radius 1 is 0.821 bits per heavy atom. The molecule has 0 aromatic heterocycles. The van der Waals surface area contributed by atoms with Crippen molar-refractivity contribution in [3.8, 4) is 0 Å². The lowest BCUT2D eigenvalue weighted by atomic mass is 10.1. The van der Waals surface area contributed by atoms with E-state index in [2.05, 4.69) is 10.6 Å². The number of carbonyl (C=O) groups is 2. The number of hydrogen-bond donors (Lipinski definition) is 2. The minimum Gasteiger partial charge on any atom is -0.352 e. The normalized spacial score (nSPS) is 10.3. The quantitative estimate of drug-likeness (QED) is 0.655. The molecule has 0 aliphatic heterocycles. The fraction of sp³-hybridized carbons (Fsp3) is 0.130. The van der Waals surface area contributed by atoms with Crippen LogP contribution in [0.5, 0.6) is 0 Å². The molecule has 0 heterocycles. The standard InChI is InChI=1S/C23H21FN2O2/c24-19-10-6-9-18(15-19)16-22(27)26-21-12-5-4-11-20(21)23(28)25-14-13-17-7-2-1-3-8-17/h1-12,15H,13-14,16H2,(H,25,28)(H,26,27). The van der Waals surface area contributed by atoms with Crippen molar-refractivity contribution in [3.63, 3.8) is 0 Å². The molecule has 0 aliphatic carbocycles. The van der Waals surface area contributed by atoms with E-state index < -0.39 is 0 Å². The molecule has 0 aliphatic rings. The second-order valence-corrected chi connectivity index (χ2v) is 6.39. The number of anilines is 1. The zero-order valence-electron chi connectivity index (χ0n) is 15.3. The summed E-state index contributed by atoms with van der Waals surface area (Å²) in [5.74, 6) is -0.948. The summed E-state index contributed by atoms with van der Waals surface area (Å²) in [6, 6.07) is 22.6. The molecule has 0 atom stereocenters. The van der Waals surface area contributed by atoms with Gasteiger partial charge in [-0.25, -0.2) is 4.39 Å². The summed E-state index contributed by atoms with van der Waals surface area (Å²) in [7, 11) is 0. The summed E-state index contributed by atoms with van der Waals surface area (Å²) < 4.78 is 13.3. The maximum absolute atomic E-state index is 13.3. The highest BCUT2D eigenvalue weighted by Gasteiger charge is 2.13. The Morgan fingerprint density at radius 2 is 1.54 bits per heavy atom. The van der Waals surface area contributed by atoms with Gasteiger partial charge in [-0.3, -0.25) is 9.59 Å². The molecule has 0 saturated heterocycles. The molecule has 3 rings (SSSR count). The average Bonchev–Trinajstić information content (AvgIpc) is 2.69. The highest BCUT2D eigenvalue weighted by molar-refractivity contribution is 6.04. The first-order valence-electron chi connectivity index (χ1n) is 9.07. The fourth-order valence-electron chi connectivity index (χ4n) is 2.88. The maximum atomic E-state index is 13.3. The summed E-state index contributed by atoms with van der Waals surface area (Å²) in [5, 5.41) is 5.62. The SMILES string of the molecule is O=C(Cc1cccc(F)c1)Nc1ccccc1C(=O)NCCc1ccccc1. The van der Waals surface area contributed by atoms with E-state index in [9.17, 15) is 14.0 Å². The number of para-hydroxylation sites is 1. The predicted octanol–water partition coefficient (Wildman–Crippen LogP) is 3.98. The molecule has 2 amide bonds. The maximum Gasteiger partial charge on any atom is 0.253 e. The number of carbonyl (C=O) groups excluding carboxylic acids is 2. The lowest BCUT2D eigenvalue weighted by Gasteiger charge is -2.12. The summed E-state index contributed by atoms with van der Waals surface area (Å²) >= 11 is 0. The number of hydrogen-bond acceptors (Lipinski definition) is 2. The van der Waals surface area contributed by atoms with Gasteiger partial charge in [0.25, 0.3) is 5.91 Å². The van der Waals surface area contributed by atoms with E-state index in [1.165, 1.54) is 12.1 Å². The van der Waals surface area contributed by atoms with E-state index in [1.807, 2.05) is 30.3 Å². The van der Waals surface area contributed by atoms with Gasteiger partial charge in [-0.2, -0.15) is 0 Å². The summed E-state index contributed by atoms with van der Waals surface area (Å²) in [5.41, 5.74) is 2.53. The Labute approximate surface area is 163 Å². The third kappa shape index (κ3) is 5.51. The minimum absolute atomic E-state index is 0.0295. The Hall–Kier alpha value is -3.47. The summed E-state index contributed by atoms with van der Waals surface area (Å²) in [6.07, 6.45) is 0.752. The van der Waals surface area contributed by atoms with Crippen LogP contribution in [0.2, 0.25) is 0 Å². The van der Waals surface area contributed by atoms with Crippen molar-refractivity contribution in [3.05, 3.63) is 101 Å². The van der Waals surface area contributed by atoms with E-state index >= 15 is 0 Å². The van der Waals surface area contributed by atoms with Gasteiger partial charge in [-0.05, 0) is 41.8 Å². The zero-order chi connectivity index (χ0) is 19.8. The van der Waals surface area contributed by atoms with Gasteiger partial charge in [-0.1, -0.05) is 54.6 Å². The van der Waals surface area contributed by atoms with Crippen LogP contribution in [0.4, 0.5) is 10.1 Å². The molecule has 0 saturated carbocycles. The van der Waals surface area contributed by atoms with E-state index in [0.29, 0.717) is 23.4 Å². The van der Waals surface area contributed by atoms with Crippen molar-refractivity contribution in [1.29, 1.82) is 0 Å². The van der Waals surface area contributed by atoms with Gasteiger partial charge in [0, 0.05) is 6.54 Å². The Kier molecular flexibility index (Phi) is 6.52. The summed E-state index contributed by atoms with van der Waals surface area (Å²) in [4.78, 5) is 24.8. The van der Waals surface area contributed by atoms with Gasteiger partial charge in [0.15, 0.2) is 0 Å². The van der Waals surface area contributed by atoms with Gasteiger partial charge in [0.05, 0.1) is 17.7 Å². The van der Waals surface area contributed by atoms with Gasteiger partial charge < -0.3 is 10.6 Å². The van der Waals surface area contributed by atoms with Crippen molar-refractivity contribution in [2.24, 2.45) is 0 Å². The number of halogens is 1. The van der Waals surface area contributed by atoms with Crippen molar-refractivity contribution in [2.45, 2.75) is 12.8 Å². The Bertz CT molecular complexity index is 958. The molecule has 2 N–H and O–H groups in total. The lowest BCUT2D eigenvalue weighted by Crippen LogP contribution is -2.27. The largest absolute Gasteiger partial charge is 0.352 e. The Morgan fingerprint density at radius 3 is 2.32 bits per heavy atom. The molecular formula is C23H21FN2O2. The highest BCUT2D eigenvalue weighted by Crippen LogP contribution is 2.16. The molecule has 0 unspecified atom stereocenters. The molecule has 142 valence electrons. The van der Waals surface area contributed by atoms with Crippen LogP contribution in [0.15, 0.2) is 78.9 Å². The average molecular weight is 376 g/mol. The zero-order valence-corrected chi connectivity index (χ0v) is 15.3. The minimum atomic E-state index is -0.386. The third-order valence-electron chi connectivity index (χ3n) is 4.24. The van der Waals surface area contributed by atoms with Crippen LogP contribution in [0, 0.1) is 5.82 Å². The second kappa shape index (κ2) is 9.46. The van der Waals surface area contributed by atoms with Crippen molar-refractivity contribution >= 4 is 17.5 Å². The van der Waals surface area contributed by atoms with Gasteiger partial charge in [0.2, 0.25) is 5.91 Å². The van der Waals surface area contributed by atoms with E-state index in [-0.39, 0.29) is 24.1 Å². The van der Waals surface area contributed by atoms with Crippen molar-refractivity contribution < 1.29 is 14.0 Å². The van der Waals surface area contributed by atoms with Crippen LogP contribution >= 0.6 is 0 Å². The monoisotopic (exact) mass is 376 g/mol. The van der Waals surface area contributed by atoms with Crippen LogP contribution < -0.4 is 10.6 Å². The third-order valence-corrected chi connectivity index (χ3v) is 4.24. The van der Waals surface area contributed by atoms with Crippen molar-refractivity contribution in [2.75, 3.05) is 11.9 Å². The summed E-state index contributed by atoms with van der Waals surface area (Å²) in [6.45, 7) is 0.494. The molecule has 0 spiro atoms. The number of benzene rings is 3. The van der Waals surface area contributed by atoms with Crippen molar-refractivity contribution in [1.82, 2.24) is 5.32 Å². The molecule has 3 aromatic rings. The van der Waals surface area contributed by atoms with Gasteiger partial charge >= 0.3 is 0 Å². The topological polar surface area (TPSA) is 58.2 Å². The fourth-order valence-corrected chi connectivity index (χ4v) is 2.88. The lowest BCUT2D eigenvalue weighted by molar-refractivity contribution is -0.115. The number of nitrogens with one attached hydrogen (secondary N) is 2. The molecule has 0 bridgehead atoms. The Balaban J connectivity index is 1.60. The molecule has 0 radical (unpaired) electrons. The van der Waals surface area contributed by atoms with Crippen LogP contribution in [-0.2, 0) is 17.6 Å². The molecule has 28 heavy (non-hydrogen) atoms. The van der Waals surface area contributed by atoms with E-state index in [4.69, 9.17) is 0 Å². The predicted molar refractivity (Wildman–Crippen MR) is 108 cm³/mol. The van der Waals surface area contributed by atoms with Gasteiger partial charge in [-0.15, -0.1) is 0 Å². The first-order chi connectivity index (χ1) is 13.6. The first kappa shape index (κ1) is 19.3. The van der Waals surface area contributed by atoms with Crippen LogP contribution in [0.25, 0.3) is 0 Å². The number of amides is 2. The van der Waals surface area contributed by atoms with Gasteiger partial charge in [0.1, 0.15) is 5.82 Å². The molecule has 5 heteroatoms. The highest BCUT2D eigenvalue weighted by atomic mass is 19.1. The van der Waals surface area contributed by atoms with Crippen LogP contribution in [0.1, 0.15) is 21.5 Å². The van der Waals surface area contributed by atoms with E-state index in [0.717, 1.165) is 12.0 Å². The first-order valence-corrected chi connectivity index (χ1v) is 9.07. The molecule has 0 fully saturated rings. The van der Waals surface area contributed by atoms with E-state index in [1.54, 1.807) is 36.4 Å². The number of rotatable bonds is 7. The molecule has 3 aromatic carbocycles. The molecule has 4 nitrogen and oxygen atoms in total. The molecular weight excluding hydrogens is 355 g/mol. The smallest absolute Gasteiger partial charge is 0.253 e.